The first-order chi connectivity index (χ1) is 10.9. The zero-order valence-electron chi connectivity index (χ0n) is 13.2. The standard InChI is InChI=1S/C15H20F2N2O2S2/c1-4-19(5-2)15(22)23-10(3)13(20)18-11-8-6-7-9-12(11)21-14(16)17/h6-10,14H,4-5H2,1-3H3,(H,18,20)/t10-/m0/s1. The Labute approximate surface area is 144 Å². The van der Waals surface area contributed by atoms with Gasteiger partial charge in [0.05, 0.1) is 10.9 Å². The number of ether oxygens (including phenoxy) is 1. The van der Waals surface area contributed by atoms with Crippen LogP contribution in [0, 0.1) is 0 Å². The second-order valence-electron chi connectivity index (χ2n) is 4.56. The number of carbonyl (C=O) groups excluding carboxylic acids is 1. The third-order valence-corrected chi connectivity index (χ3v) is 4.60. The number of nitrogens with one attached hydrogen (secondary N) is 1. The predicted molar refractivity (Wildman–Crippen MR) is 94.3 cm³/mol. The van der Waals surface area contributed by atoms with Crippen molar-refractivity contribution in [3.8, 4) is 5.75 Å². The summed E-state index contributed by atoms with van der Waals surface area (Å²) in [5.74, 6) is -0.394. The van der Waals surface area contributed by atoms with Gasteiger partial charge in [0.25, 0.3) is 0 Å². The predicted octanol–water partition coefficient (Wildman–Crippen LogP) is 3.97. The van der Waals surface area contributed by atoms with Crippen LogP contribution in [0.1, 0.15) is 20.8 Å². The number of hydrogen-bond acceptors (Lipinski definition) is 4. The molecule has 1 atom stereocenters. The Hall–Kier alpha value is -1.41. The summed E-state index contributed by atoms with van der Waals surface area (Å²) in [4.78, 5) is 14.2. The van der Waals surface area contributed by atoms with Crippen LogP contribution >= 0.6 is 24.0 Å². The molecule has 4 nitrogen and oxygen atoms in total. The summed E-state index contributed by atoms with van der Waals surface area (Å²) in [5, 5.41) is 2.14. The van der Waals surface area contributed by atoms with Crippen LogP contribution in [0.2, 0.25) is 0 Å². The second-order valence-corrected chi connectivity index (χ2v) is 6.54. The Morgan fingerprint density at radius 1 is 1.35 bits per heavy atom. The fraction of sp³-hybridized carbons (Fsp3) is 0.467. The first kappa shape index (κ1) is 19.6. The minimum Gasteiger partial charge on any atom is -0.433 e. The number of rotatable bonds is 7. The maximum atomic E-state index is 12.4. The van der Waals surface area contributed by atoms with Crippen molar-refractivity contribution in [2.45, 2.75) is 32.6 Å². The highest BCUT2D eigenvalue weighted by Gasteiger charge is 2.20. The number of anilines is 1. The van der Waals surface area contributed by atoms with E-state index in [1.54, 1.807) is 19.1 Å². The molecular weight excluding hydrogens is 342 g/mol. The Kier molecular flexibility index (Phi) is 8.25. The zero-order valence-corrected chi connectivity index (χ0v) is 14.8. The molecule has 1 amide bonds. The van der Waals surface area contributed by atoms with Crippen LogP contribution in [0.15, 0.2) is 24.3 Å². The number of halogens is 2. The number of benzene rings is 1. The lowest BCUT2D eigenvalue weighted by atomic mass is 10.3. The van der Waals surface area contributed by atoms with Gasteiger partial charge >= 0.3 is 6.61 Å². The van der Waals surface area contributed by atoms with Gasteiger partial charge in [0.1, 0.15) is 10.1 Å². The van der Waals surface area contributed by atoms with Crippen molar-refractivity contribution >= 4 is 39.9 Å². The average molecular weight is 362 g/mol. The summed E-state index contributed by atoms with van der Waals surface area (Å²) in [5.41, 5.74) is 0.207. The molecule has 1 aromatic rings. The molecule has 0 saturated heterocycles. The lowest BCUT2D eigenvalue weighted by molar-refractivity contribution is -0.115. The van der Waals surface area contributed by atoms with Gasteiger partial charge in [0, 0.05) is 13.1 Å². The summed E-state index contributed by atoms with van der Waals surface area (Å²) in [6, 6.07) is 6.07. The Morgan fingerprint density at radius 3 is 2.52 bits per heavy atom. The highest BCUT2D eigenvalue weighted by molar-refractivity contribution is 8.23. The van der Waals surface area contributed by atoms with E-state index in [1.807, 2.05) is 18.7 Å². The molecule has 1 N–H and O–H groups in total. The normalized spacial score (nSPS) is 11.9. The van der Waals surface area contributed by atoms with E-state index in [0.29, 0.717) is 4.32 Å². The monoisotopic (exact) mass is 362 g/mol. The van der Waals surface area contributed by atoms with Crippen LogP contribution in [0.25, 0.3) is 0 Å². The molecule has 0 unspecified atom stereocenters. The van der Waals surface area contributed by atoms with Gasteiger partial charge in [-0.2, -0.15) is 8.78 Å². The van der Waals surface area contributed by atoms with Crippen LogP contribution in [0.4, 0.5) is 14.5 Å². The molecule has 23 heavy (non-hydrogen) atoms. The molecule has 0 aliphatic carbocycles. The van der Waals surface area contributed by atoms with Crippen LogP contribution in [-0.4, -0.2) is 40.1 Å². The summed E-state index contributed by atoms with van der Waals surface area (Å²) >= 11 is 6.56. The van der Waals surface area contributed by atoms with Crippen molar-refractivity contribution in [1.82, 2.24) is 4.90 Å². The van der Waals surface area contributed by atoms with Crippen molar-refractivity contribution in [1.29, 1.82) is 0 Å². The molecule has 8 heteroatoms. The fourth-order valence-corrected chi connectivity index (χ4v) is 3.33. The lowest BCUT2D eigenvalue weighted by Crippen LogP contribution is -2.31. The van der Waals surface area contributed by atoms with E-state index < -0.39 is 11.9 Å². The molecule has 1 aromatic carbocycles. The van der Waals surface area contributed by atoms with Gasteiger partial charge in [-0.25, -0.2) is 0 Å². The first-order valence-electron chi connectivity index (χ1n) is 7.19. The highest BCUT2D eigenvalue weighted by atomic mass is 32.2. The van der Waals surface area contributed by atoms with Gasteiger partial charge < -0.3 is 15.0 Å². The molecule has 0 aliphatic rings. The quantitative estimate of drug-likeness (QED) is 0.743. The minimum absolute atomic E-state index is 0.0700. The average Bonchev–Trinajstić information content (AvgIpc) is 2.49. The van der Waals surface area contributed by atoms with Crippen molar-refractivity contribution < 1.29 is 18.3 Å². The summed E-state index contributed by atoms with van der Waals surface area (Å²) in [7, 11) is 0. The van der Waals surface area contributed by atoms with E-state index in [-0.39, 0.29) is 17.3 Å². The van der Waals surface area contributed by atoms with E-state index in [1.165, 1.54) is 23.9 Å². The van der Waals surface area contributed by atoms with E-state index in [9.17, 15) is 13.6 Å². The van der Waals surface area contributed by atoms with E-state index >= 15 is 0 Å². The van der Waals surface area contributed by atoms with Crippen molar-refractivity contribution in [2.75, 3.05) is 18.4 Å². The number of carbonyl (C=O) groups is 1. The van der Waals surface area contributed by atoms with Crippen LogP contribution in [-0.2, 0) is 4.79 Å². The van der Waals surface area contributed by atoms with Gasteiger partial charge in [-0.1, -0.05) is 36.1 Å². The maximum Gasteiger partial charge on any atom is 0.387 e. The van der Waals surface area contributed by atoms with E-state index in [0.717, 1.165) is 13.1 Å². The molecule has 0 heterocycles. The number of amides is 1. The van der Waals surface area contributed by atoms with Gasteiger partial charge in [-0.05, 0) is 32.9 Å². The van der Waals surface area contributed by atoms with Crippen LogP contribution in [0.3, 0.4) is 0 Å². The first-order valence-corrected chi connectivity index (χ1v) is 8.48. The molecule has 128 valence electrons. The Bertz CT molecular complexity index is 540. The van der Waals surface area contributed by atoms with Gasteiger partial charge in [-0.15, -0.1) is 0 Å². The van der Waals surface area contributed by atoms with Crippen molar-refractivity contribution in [3.63, 3.8) is 0 Å². The topological polar surface area (TPSA) is 41.6 Å². The molecule has 0 fully saturated rings. The van der Waals surface area contributed by atoms with E-state index in [2.05, 4.69) is 10.1 Å². The molecule has 0 spiro atoms. The number of thiocarbonyl (C=S) groups is 1. The van der Waals surface area contributed by atoms with E-state index in [4.69, 9.17) is 12.2 Å². The molecule has 0 aromatic heterocycles. The largest absolute Gasteiger partial charge is 0.433 e. The molecule has 1 rings (SSSR count). The summed E-state index contributed by atoms with van der Waals surface area (Å²) < 4.78 is 29.8. The lowest BCUT2D eigenvalue weighted by Gasteiger charge is -2.23. The minimum atomic E-state index is -2.95. The zero-order chi connectivity index (χ0) is 17.4. The van der Waals surface area contributed by atoms with Crippen molar-refractivity contribution in [2.24, 2.45) is 0 Å². The third-order valence-electron chi connectivity index (χ3n) is 3.03. The smallest absolute Gasteiger partial charge is 0.387 e. The maximum absolute atomic E-state index is 12.4. The summed E-state index contributed by atoms with van der Waals surface area (Å²) in [6.45, 7) is 4.27. The fourth-order valence-electron chi connectivity index (χ4n) is 1.76. The number of thioether (sulfide) groups is 1. The molecule has 0 saturated carbocycles. The molecule has 0 aliphatic heterocycles. The summed E-state index contributed by atoms with van der Waals surface area (Å²) in [6.07, 6.45) is 0. The molecular formula is C15H20F2N2O2S2. The van der Waals surface area contributed by atoms with Gasteiger partial charge in [-0.3, -0.25) is 4.79 Å². The highest BCUT2D eigenvalue weighted by Crippen LogP contribution is 2.26. The van der Waals surface area contributed by atoms with Gasteiger partial charge in [0.2, 0.25) is 5.91 Å². The van der Waals surface area contributed by atoms with Gasteiger partial charge in [0.15, 0.2) is 0 Å². The third kappa shape index (κ3) is 6.31. The number of nitrogens with zero attached hydrogens (tertiary/aromatic N) is 1. The van der Waals surface area contributed by atoms with Crippen LogP contribution < -0.4 is 10.1 Å². The number of hydrogen-bond donors (Lipinski definition) is 1. The molecule has 0 radical (unpaired) electrons. The number of para-hydroxylation sites is 2. The molecule has 0 bridgehead atoms. The number of alkyl halides is 2. The van der Waals surface area contributed by atoms with Crippen LogP contribution in [0.5, 0.6) is 5.75 Å². The van der Waals surface area contributed by atoms with Crippen molar-refractivity contribution in [3.05, 3.63) is 24.3 Å². The SMILES string of the molecule is CCN(CC)C(=S)S[C@@H](C)C(=O)Nc1ccccc1OC(F)F. The Morgan fingerprint density at radius 2 is 1.96 bits per heavy atom. The second kappa shape index (κ2) is 9.67. The Balaban J connectivity index is 2.70.